The van der Waals surface area contributed by atoms with Gasteiger partial charge in [-0.05, 0) is 49.8 Å². The highest BCUT2D eigenvalue weighted by atomic mass is 79.9. The maximum atomic E-state index is 3.89. The van der Waals surface area contributed by atoms with Crippen LogP contribution in [-0.2, 0) is 5.54 Å². The molecule has 0 radical (unpaired) electrons. The molecule has 0 spiro atoms. The molecule has 2 heteroatoms. The van der Waals surface area contributed by atoms with Crippen LogP contribution in [-0.4, -0.2) is 6.04 Å². The van der Waals surface area contributed by atoms with E-state index in [1.807, 2.05) is 0 Å². The number of nitrogens with one attached hydrogen (secondary N) is 1. The Morgan fingerprint density at radius 3 is 2.50 bits per heavy atom. The van der Waals surface area contributed by atoms with Crippen molar-refractivity contribution in [2.45, 2.75) is 50.1 Å². The van der Waals surface area contributed by atoms with Gasteiger partial charge in [-0.25, -0.2) is 0 Å². The fraction of sp³-hybridized carbons (Fsp3) is 0.571. The Morgan fingerprint density at radius 1 is 1.19 bits per heavy atom. The van der Waals surface area contributed by atoms with Gasteiger partial charge in [-0.15, -0.1) is 0 Å². The lowest BCUT2D eigenvalue weighted by Gasteiger charge is -2.48. The third-order valence-electron chi connectivity index (χ3n) is 4.17. The molecular weight excluding hydrogens is 262 g/mol. The molecule has 0 saturated heterocycles. The SMILES string of the molecule is Brc1cccc(C2(NC3CCC3)CCC2)c1. The summed E-state index contributed by atoms with van der Waals surface area (Å²) in [4.78, 5) is 0. The van der Waals surface area contributed by atoms with Crippen LogP contribution in [0.1, 0.15) is 44.1 Å². The van der Waals surface area contributed by atoms with Crippen LogP contribution in [0.3, 0.4) is 0 Å². The zero-order valence-electron chi connectivity index (χ0n) is 9.51. The van der Waals surface area contributed by atoms with E-state index in [4.69, 9.17) is 0 Å². The minimum absolute atomic E-state index is 0.300. The van der Waals surface area contributed by atoms with Gasteiger partial charge in [-0.1, -0.05) is 34.5 Å². The Bertz CT molecular complexity index is 380. The van der Waals surface area contributed by atoms with E-state index in [1.54, 1.807) is 0 Å². The molecule has 2 aliphatic carbocycles. The standard InChI is InChI=1S/C14H18BrN/c15-12-5-1-4-11(10-12)14(8-3-9-14)16-13-6-2-7-13/h1,4-5,10,13,16H,2-3,6-9H2. The molecule has 1 nitrogen and oxygen atoms in total. The average Bonchev–Trinajstić information content (AvgIpc) is 2.13. The lowest BCUT2D eigenvalue weighted by atomic mass is 9.70. The van der Waals surface area contributed by atoms with Crippen molar-refractivity contribution in [3.05, 3.63) is 34.3 Å². The van der Waals surface area contributed by atoms with E-state index in [0.29, 0.717) is 5.54 Å². The molecular formula is C14H18BrN. The summed E-state index contributed by atoms with van der Waals surface area (Å²) in [7, 11) is 0. The zero-order chi connectivity index (χ0) is 11.0. The van der Waals surface area contributed by atoms with Crippen molar-refractivity contribution >= 4 is 15.9 Å². The van der Waals surface area contributed by atoms with Crippen molar-refractivity contribution in [1.82, 2.24) is 5.32 Å². The van der Waals surface area contributed by atoms with Crippen molar-refractivity contribution in [2.75, 3.05) is 0 Å². The van der Waals surface area contributed by atoms with Gasteiger partial charge < -0.3 is 5.32 Å². The highest BCUT2D eigenvalue weighted by Crippen LogP contribution is 2.43. The average molecular weight is 280 g/mol. The molecule has 1 aromatic carbocycles. The smallest absolute Gasteiger partial charge is 0.0437 e. The topological polar surface area (TPSA) is 12.0 Å². The van der Waals surface area contributed by atoms with Crippen LogP contribution in [0, 0.1) is 0 Å². The van der Waals surface area contributed by atoms with Gasteiger partial charge in [-0.3, -0.25) is 0 Å². The monoisotopic (exact) mass is 279 g/mol. The molecule has 0 unspecified atom stereocenters. The quantitative estimate of drug-likeness (QED) is 0.883. The third-order valence-corrected chi connectivity index (χ3v) is 4.66. The summed E-state index contributed by atoms with van der Waals surface area (Å²) in [5, 5.41) is 3.89. The van der Waals surface area contributed by atoms with Gasteiger partial charge in [0.1, 0.15) is 0 Å². The zero-order valence-corrected chi connectivity index (χ0v) is 11.1. The minimum Gasteiger partial charge on any atom is -0.305 e. The van der Waals surface area contributed by atoms with E-state index in [-0.39, 0.29) is 0 Å². The van der Waals surface area contributed by atoms with Gasteiger partial charge in [0, 0.05) is 16.1 Å². The number of halogens is 1. The molecule has 1 N–H and O–H groups in total. The van der Waals surface area contributed by atoms with E-state index >= 15 is 0 Å². The first-order valence-electron chi connectivity index (χ1n) is 6.32. The largest absolute Gasteiger partial charge is 0.305 e. The molecule has 2 aliphatic rings. The number of benzene rings is 1. The Balaban J connectivity index is 1.83. The number of rotatable bonds is 3. The van der Waals surface area contributed by atoms with Crippen LogP contribution >= 0.6 is 15.9 Å². The van der Waals surface area contributed by atoms with Crippen molar-refractivity contribution in [3.63, 3.8) is 0 Å². The maximum Gasteiger partial charge on any atom is 0.0437 e. The summed E-state index contributed by atoms with van der Waals surface area (Å²) in [6.45, 7) is 0. The van der Waals surface area contributed by atoms with Gasteiger partial charge in [0.05, 0.1) is 0 Å². The molecule has 0 atom stereocenters. The molecule has 2 fully saturated rings. The van der Waals surface area contributed by atoms with Gasteiger partial charge in [0.2, 0.25) is 0 Å². The molecule has 0 amide bonds. The molecule has 16 heavy (non-hydrogen) atoms. The van der Waals surface area contributed by atoms with Gasteiger partial charge in [-0.2, -0.15) is 0 Å². The van der Waals surface area contributed by atoms with Crippen molar-refractivity contribution in [3.8, 4) is 0 Å². The van der Waals surface area contributed by atoms with Crippen molar-refractivity contribution in [1.29, 1.82) is 0 Å². The summed E-state index contributed by atoms with van der Waals surface area (Å²) in [6, 6.07) is 9.60. The molecule has 3 rings (SSSR count). The van der Waals surface area contributed by atoms with E-state index in [1.165, 1.54) is 48.6 Å². The van der Waals surface area contributed by atoms with Crippen LogP contribution in [0.4, 0.5) is 0 Å². The minimum atomic E-state index is 0.300. The molecule has 0 heterocycles. The van der Waals surface area contributed by atoms with Crippen LogP contribution in [0.15, 0.2) is 28.7 Å². The van der Waals surface area contributed by atoms with Crippen LogP contribution in [0.25, 0.3) is 0 Å². The lowest BCUT2D eigenvalue weighted by Crippen LogP contribution is -2.54. The predicted octanol–water partition coefficient (Wildman–Crippen LogP) is 3.97. The predicted molar refractivity (Wildman–Crippen MR) is 70.4 cm³/mol. The second kappa shape index (κ2) is 4.15. The summed E-state index contributed by atoms with van der Waals surface area (Å²) in [5.41, 5.74) is 1.77. The fourth-order valence-corrected chi connectivity index (χ4v) is 3.18. The third kappa shape index (κ3) is 1.82. The van der Waals surface area contributed by atoms with Gasteiger partial charge in [0.15, 0.2) is 0 Å². The molecule has 86 valence electrons. The Kier molecular flexibility index (Phi) is 2.80. The Hall–Kier alpha value is -0.340. The van der Waals surface area contributed by atoms with Crippen molar-refractivity contribution in [2.24, 2.45) is 0 Å². The highest BCUT2D eigenvalue weighted by Gasteiger charge is 2.40. The summed E-state index contributed by atoms with van der Waals surface area (Å²) >= 11 is 3.58. The second-order valence-corrected chi connectivity index (χ2v) is 6.13. The van der Waals surface area contributed by atoms with Crippen LogP contribution in [0.2, 0.25) is 0 Å². The lowest BCUT2D eigenvalue weighted by molar-refractivity contribution is 0.134. The second-order valence-electron chi connectivity index (χ2n) is 5.22. The first-order valence-corrected chi connectivity index (χ1v) is 7.12. The van der Waals surface area contributed by atoms with Gasteiger partial charge >= 0.3 is 0 Å². The Morgan fingerprint density at radius 2 is 2.00 bits per heavy atom. The maximum absolute atomic E-state index is 3.89. The van der Waals surface area contributed by atoms with E-state index in [0.717, 1.165) is 6.04 Å². The molecule has 2 saturated carbocycles. The number of hydrogen-bond acceptors (Lipinski definition) is 1. The summed E-state index contributed by atoms with van der Waals surface area (Å²) < 4.78 is 1.20. The molecule has 0 aromatic heterocycles. The summed E-state index contributed by atoms with van der Waals surface area (Å²) in [6.07, 6.45) is 8.13. The molecule has 0 aliphatic heterocycles. The van der Waals surface area contributed by atoms with Crippen LogP contribution in [0.5, 0.6) is 0 Å². The Labute approximate surface area is 106 Å². The van der Waals surface area contributed by atoms with E-state index in [9.17, 15) is 0 Å². The van der Waals surface area contributed by atoms with Crippen LogP contribution < -0.4 is 5.32 Å². The summed E-state index contributed by atoms with van der Waals surface area (Å²) in [5.74, 6) is 0. The fourth-order valence-electron chi connectivity index (χ4n) is 2.78. The number of hydrogen-bond donors (Lipinski definition) is 1. The van der Waals surface area contributed by atoms with E-state index < -0.39 is 0 Å². The first kappa shape index (κ1) is 10.8. The van der Waals surface area contributed by atoms with E-state index in [2.05, 4.69) is 45.5 Å². The molecule has 1 aromatic rings. The molecule has 0 bridgehead atoms. The first-order chi connectivity index (χ1) is 7.78. The van der Waals surface area contributed by atoms with Gasteiger partial charge in [0.25, 0.3) is 0 Å². The highest BCUT2D eigenvalue weighted by molar-refractivity contribution is 9.10. The normalized spacial score (nSPS) is 23.6. The van der Waals surface area contributed by atoms with Crippen molar-refractivity contribution < 1.29 is 0 Å².